The lowest BCUT2D eigenvalue weighted by Crippen LogP contribution is -2.19. The minimum absolute atomic E-state index is 0.0975. The molecule has 0 fully saturated rings. The van der Waals surface area contributed by atoms with Crippen LogP contribution in [0.3, 0.4) is 0 Å². The highest BCUT2D eigenvalue weighted by Crippen LogP contribution is 2.19. The molecule has 2 aromatic carbocycles. The van der Waals surface area contributed by atoms with Crippen LogP contribution in [0.25, 0.3) is 10.8 Å². The summed E-state index contributed by atoms with van der Waals surface area (Å²) in [7, 11) is 0. The molecule has 2 rings (SSSR count). The third-order valence-electron chi connectivity index (χ3n) is 3.32. The van der Waals surface area contributed by atoms with Crippen LogP contribution in [0.15, 0.2) is 42.5 Å². The molecule has 0 bridgehead atoms. The van der Waals surface area contributed by atoms with Gasteiger partial charge in [0.2, 0.25) is 0 Å². The molecule has 3 heteroatoms. The number of hydrogen-bond acceptors (Lipinski definition) is 3. The molecule has 0 saturated heterocycles. The summed E-state index contributed by atoms with van der Waals surface area (Å²) < 4.78 is 11.1. The second kappa shape index (κ2) is 8.13. The second-order valence-electron chi connectivity index (χ2n) is 5.76. The highest BCUT2D eigenvalue weighted by molar-refractivity contribution is 5.83. The van der Waals surface area contributed by atoms with Crippen LogP contribution in [0.2, 0.25) is 0 Å². The molecule has 0 aromatic heterocycles. The summed E-state index contributed by atoms with van der Waals surface area (Å²) in [4.78, 5) is 0. The standard InChI is InChI=1S/C18H25NO2/c1-14(2)12-20-9-10-21-13-18(19)17-8-7-15-5-3-4-6-16(15)11-17/h3-8,11,14,18H,9-10,12-13,19H2,1-2H3. The van der Waals surface area contributed by atoms with E-state index in [2.05, 4.69) is 44.2 Å². The van der Waals surface area contributed by atoms with Gasteiger partial charge in [0.15, 0.2) is 0 Å². The first kappa shape index (κ1) is 16.0. The summed E-state index contributed by atoms with van der Waals surface area (Å²) in [5.41, 5.74) is 7.29. The molecule has 0 aliphatic rings. The van der Waals surface area contributed by atoms with Crippen molar-refractivity contribution in [1.29, 1.82) is 0 Å². The largest absolute Gasteiger partial charge is 0.379 e. The third-order valence-corrected chi connectivity index (χ3v) is 3.32. The SMILES string of the molecule is CC(C)COCCOCC(N)c1ccc2ccccc2c1. The Morgan fingerprint density at radius 3 is 2.29 bits per heavy atom. The molecular weight excluding hydrogens is 262 g/mol. The molecule has 2 N–H and O–H groups in total. The van der Waals surface area contributed by atoms with Crippen molar-refractivity contribution in [3.05, 3.63) is 48.0 Å². The van der Waals surface area contributed by atoms with Gasteiger partial charge >= 0.3 is 0 Å². The quantitative estimate of drug-likeness (QED) is 0.755. The normalized spacial score (nSPS) is 13.0. The topological polar surface area (TPSA) is 44.5 Å². The fourth-order valence-electron chi connectivity index (χ4n) is 2.18. The average molecular weight is 287 g/mol. The Bertz CT molecular complexity index is 554. The Morgan fingerprint density at radius 2 is 1.57 bits per heavy atom. The second-order valence-corrected chi connectivity index (χ2v) is 5.76. The molecule has 0 saturated carbocycles. The van der Waals surface area contributed by atoms with E-state index in [1.165, 1.54) is 10.8 Å². The van der Waals surface area contributed by atoms with Gasteiger partial charge in [-0.15, -0.1) is 0 Å². The van der Waals surface area contributed by atoms with Crippen molar-refractivity contribution in [3.8, 4) is 0 Å². The van der Waals surface area contributed by atoms with Crippen LogP contribution >= 0.6 is 0 Å². The van der Waals surface area contributed by atoms with Gasteiger partial charge in [0.1, 0.15) is 0 Å². The lowest BCUT2D eigenvalue weighted by Gasteiger charge is -2.14. The maximum Gasteiger partial charge on any atom is 0.0701 e. The molecule has 1 unspecified atom stereocenters. The van der Waals surface area contributed by atoms with Crippen molar-refractivity contribution in [2.24, 2.45) is 11.7 Å². The number of nitrogens with two attached hydrogens (primary N) is 1. The zero-order chi connectivity index (χ0) is 15.1. The van der Waals surface area contributed by atoms with E-state index in [1.807, 2.05) is 12.1 Å². The lowest BCUT2D eigenvalue weighted by atomic mass is 10.0. The van der Waals surface area contributed by atoms with Gasteiger partial charge in [-0.2, -0.15) is 0 Å². The number of fused-ring (bicyclic) bond motifs is 1. The maximum atomic E-state index is 6.18. The van der Waals surface area contributed by atoms with E-state index in [4.69, 9.17) is 15.2 Å². The van der Waals surface area contributed by atoms with Crippen molar-refractivity contribution >= 4 is 10.8 Å². The van der Waals surface area contributed by atoms with Crippen molar-refractivity contribution in [1.82, 2.24) is 0 Å². The molecular formula is C18H25NO2. The Hall–Kier alpha value is -1.42. The molecule has 3 nitrogen and oxygen atoms in total. The highest BCUT2D eigenvalue weighted by Gasteiger charge is 2.07. The Labute approximate surface area is 127 Å². The zero-order valence-corrected chi connectivity index (χ0v) is 12.9. The summed E-state index contributed by atoms with van der Waals surface area (Å²) in [5.74, 6) is 0.560. The van der Waals surface area contributed by atoms with Crippen molar-refractivity contribution in [2.45, 2.75) is 19.9 Å². The molecule has 0 heterocycles. The fourth-order valence-corrected chi connectivity index (χ4v) is 2.18. The predicted octanol–water partition coefficient (Wildman–Crippen LogP) is 3.53. The van der Waals surface area contributed by atoms with Crippen molar-refractivity contribution in [3.63, 3.8) is 0 Å². The van der Waals surface area contributed by atoms with Crippen molar-refractivity contribution in [2.75, 3.05) is 26.4 Å². The van der Waals surface area contributed by atoms with E-state index in [0.29, 0.717) is 25.7 Å². The van der Waals surface area contributed by atoms with Gasteiger partial charge < -0.3 is 15.2 Å². The van der Waals surface area contributed by atoms with Crippen LogP contribution in [-0.2, 0) is 9.47 Å². The summed E-state index contributed by atoms with van der Waals surface area (Å²) in [5, 5.41) is 2.45. The van der Waals surface area contributed by atoms with Crippen LogP contribution in [0.5, 0.6) is 0 Å². The molecule has 0 aliphatic carbocycles. The zero-order valence-electron chi connectivity index (χ0n) is 12.9. The number of rotatable bonds is 8. The molecule has 0 radical (unpaired) electrons. The minimum atomic E-state index is -0.0975. The first-order chi connectivity index (χ1) is 10.2. The number of ether oxygens (including phenoxy) is 2. The first-order valence-electron chi connectivity index (χ1n) is 7.56. The molecule has 0 amide bonds. The first-order valence-corrected chi connectivity index (χ1v) is 7.56. The number of hydrogen-bond donors (Lipinski definition) is 1. The van der Waals surface area contributed by atoms with Gasteiger partial charge in [0.05, 0.1) is 25.9 Å². The fraction of sp³-hybridized carbons (Fsp3) is 0.444. The Morgan fingerprint density at radius 1 is 0.905 bits per heavy atom. The van der Waals surface area contributed by atoms with E-state index >= 15 is 0 Å². The lowest BCUT2D eigenvalue weighted by molar-refractivity contribution is 0.0333. The Balaban J connectivity index is 1.78. The van der Waals surface area contributed by atoms with Crippen LogP contribution < -0.4 is 5.73 Å². The number of benzene rings is 2. The van der Waals surface area contributed by atoms with Gasteiger partial charge in [-0.3, -0.25) is 0 Å². The maximum absolute atomic E-state index is 6.18. The summed E-state index contributed by atoms with van der Waals surface area (Å²) in [6, 6.07) is 14.5. The molecule has 0 aliphatic heterocycles. The van der Waals surface area contributed by atoms with Crippen LogP contribution in [-0.4, -0.2) is 26.4 Å². The summed E-state index contributed by atoms with van der Waals surface area (Å²) >= 11 is 0. The average Bonchev–Trinajstić information content (AvgIpc) is 2.49. The van der Waals surface area contributed by atoms with Crippen LogP contribution in [0.1, 0.15) is 25.5 Å². The smallest absolute Gasteiger partial charge is 0.0701 e. The van der Waals surface area contributed by atoms with Crippen LogP contribution in [0, 0.1) is 5.92 Å². The van der Waals surface area contributed by atoms with E-state index in [1.54, 1.807) is 0 Å². The molecule has 1 atom stereocenters. The predicted molar refractivity (Wildman–Crippen MR) is 87.4 cm³/mol. The molecule has 0 spiro atoms. The van der Waals surface area contributed by atoms with Gasteiger partial charge in [-0.05, 0) is 28.3 Å². The summed E-state index contributed by atoms with van der Waals surface area (Å²) in [6.45, 7) is 6.78. The van der Waals surface area contributed by atoms with E-state index < -0.39 is 0 Å². The highest BCUT2D eigenvalue weighted by atomic mass is 16.5. The van der Waals surface area contributed by atoms with E-state index in [-0.39, 0.29) is 6.04 Å². The van der Waals surface area contributed by atoms with Gasteiger partial charge in [0, 0.05) is 6.61 Å². The Kier molecular flexibility index (Phi) is 6.18. The van der Waals surface area contributed by atoms with Gasteiger partial charge in [0.25, 0.3) is 0 Å². The summed E-state index contributed by atoms with van der Waals surface area (Å²) in [6.07, 6.45) is 0. The van der Waals surface area contributed by atoms with E-state index in [0.717, 1.165) is 12.2 Å². The van der Waals surface area contributed by atoms with E-state index in [9.17, 15) is 0 Å². The molecule has 2 aromatic rings. The van der Waals surface area contributed by atoms with Gasteiger partial charge in [-0.25, -0.2) is 0 Å². The van der Waals surface area contributed by atoms with Gasteiger partial charge in [-0.1, -0.05) is 50.2 Å². The van der Waals surface area contributed by atoms with Crippen molar-refractivity contribution < 1.29 is 9.47 Å². The molecule has 114 valence electrons. The third kappa shape index (κ3) is 5.12. The van der Waals surface area contributed by atoms with Crippen LogP contribution in [0.4, 0.5) is 0 Å². The monoisotopic (exact) mass is 287 g/mol. The molecule has 21 heavy (non-hydrogen) atoms. The minimum Gasteiger partial charge on any atom is -0.379 e.